The number of carbonyl (C=O) groups excluding carboxylic acids is 2. The van der Waals surface area contributed by atoms with Crippen molar-refractivity contribution < 1.29 is 19.1 Å². The molecule has 2 N–H and O–H groups in total. The lowest BCUT2D eigenvalue weighted by Crippen LogP contribution is -2.45. The molecule has 2 heterocycles. The third-order valence-electron chi connectivity index (χ3n) is 4.32. The molecule has 7 nitrogen and oxygen atoms in total. The molecule has 24 heavy (non-hydrogen) atoms. The number of nitrogens with zero attached hydrogens (tertiary/aromatic N) is 1. The molecule has 0 bridgehead atoms. The maximum absolute atomic E-state index is 12.5. The van der Waals surface area contributed by atoms with Crippen molar-refractivity contribution in [2.75, 3.05) is 45.2 Å². The first-order chi connectivity index (χ1) is 11.7. The largest absolute Gasteiger partial charge is 0.495 e. The molecule has 130 valence electrons. The zero-order valence-corrected chi connectivity index (χ0v) is 13.8. The van der Waals surface area contributed by atoms with Gasteiger partial charge >= 0.3 is 0 Å². The molecule has 3 rings (SSSR count). The van der Waals surface area contributed by atoms with Gasteiger partial charge in [-0.3, -0.25) is 9.59 Å². The van der Waals surface area contributed by atoms with Gasteiger partial charge < -0.3 is 25.0 Å². The molecule has 2 saturated heterocycles. The number of anilines is 1. The number of hydrogen-bond donors (Lipinski definition) is 2. The fraction of sp³-hybridized carbons (Fsp3) is 0.529. The average molecular weight is 333 g/mol. The van der Waals surface area contributed by atoms with Crippen LogP contribution in [0.2, 0.25) is 0 Å². The van der Waals surface area contributed by atoms with Crippen LogP contribution >= 0.6 is 0 Å². The SMILES string of the molecule is COc1ccc(C(=O)N2CCCC2)cc1NC(=O)C1CNCCO1. The smallest absolute Gasteiger partial charge is 0.254 e. The molecule has 0 radical (unpaired) electrons. The van der Waals surface area contributed by atoms with E-state index in [1.54, 1.807) is 18.2 Å². The van der Waals surface area contributed by atoms with Gasteiger partial charge in [-0.2, -0.15) is 0 Å². The minimum atomic E-state index is -0.540. The van der Waals surface area contributed by atoms with E-state index >= 15 is 0 Å². The summed E-state index contributed by atoms with van der Waals surface area (Å²) in [4.78, 5) is 26.7. The summed E-state index contributed by atoms with van der Waals surface area (Å²) in [5, 5.41) is 5.94. The van der Waals surface area contributed by atoms with Crippen LogP contribution in [0.4, 0.5) is 5.69 Å². The normalized spacial score (nSPS) is 20.7. The van der Waals surface area contributed by atoms with Gasteiger partial charge in [0, 0.05) is 31.7 Å². The molecular weight excluding hydrogens is 310 g/mol. The fourth-order valence-electron chi connectivity index (χ4n) is 2.99. The predicted molar refractivity (Wildman–Crippen MR) is 89.4 cm³/mol. The highest BCUT2D eigenvalue weighted by Crippen LogP contribution is 2.27. The molecule has 0 aromatic heterocycles. The van der Waals surface area contributed by atoms with E-state index < -0.39 is 6.10 Å². The van der Waals surface area contributed by atoms with Crippen LogP contribution in [0.1, 0.15) is 23.2 Å². The summed E-state index contributed by atoms with van der Waals surface area (Å²) in [6, 6.07) is 5.11. The van der Waals surface area contributed by atoms with Crippen LogP contribution in [0.3, 0.4) is 0 Å². The molecule has 2 aliphatic heterocycles. The molecule has 2 fully saturated rings. The second-order valence-corrected chi connectivity index (χ2v) is 5.97. The van der Waals surface area contributed by atoms with Gasteiger partial charge in [-0.15, -0.1) is 0 Å². The Morgan fingerprint density at radius 2 is 2.12 bits per heavy atom. The van der Waals surface area contributed by atoms with Crippen LogP contribution in [0.15, 0.2) is 18.2 Å². The number of carbonyl (C=O) groups is 2. The van der Waals surface area contributed by atoms with Crippen molar-refractivity contribution in [3.63, 3.8) is 0 Å². The summed E-state index contributed by atoms with van der Waals surface area (Å²) in [5.41, 5.74) is 1.04. The van der Waals surface area contributed by atoms with Gasteiger partial charge in [-0.1, -0.05) is 0 Å². The van der Waals surface area contributed by atoms with Crippen molar-refractivity contribution in [3.8, 4) is 5.75 Å². The number of hydrogen-bond acceptors (Lipinski definition) is 5. The summed E-state index contributed by atoms with van der Waals surface area (Å²) in [7, 11) is 1.53. The Kier molecular flexibility index (Phi) is 5.32. The lowest BCUT2D eigenvalue weighted by atomic mass is 10.1. The van der Waals surface area contributed by atoms with Gasteiger partial charge in [0.2, 0.25) is 0 Å². The fourth-order valence-corrected chi connectivity index (χ4v) is 2.99. The summed E-state index contributed by atoms with van der Waals surface area (Å²) in [6.07, 6.45) is 1.54. The first kappa shape index (κ1) is 16.7. The highest BCUT2D eigenvalue weighted by atomic mass is 16.5. The lowest BCUT2D eigenvalue weighted by molar-refractivity contribution is -0.128. The molecular formula is C17H23N3O4. The molecule has 2 amide bonds. The van der Waals surface area contributed by atoms with E-state index in [2.05, 4.69) is 10.6 Å². The van der Waals surface area contributed by atoms with Gasteiger partial charge in [0.1, 0.15) is 11.9 Å². The second-order valence-electron chi connectivity index (χ2n) is 5.97. The molecule has 1 aromatic rings. The Morgan fingerprint density at radius 1 is 1.33 bits per heavy atom. The molecule has 7 heteroatoms. The van der Waals surface area contributed by atoms with E-state index in [9.17, 15) is 9.59 Å². The van der Waals surface area contributed by atoms with Crippen molar-refractivity contribution in [3.05, 3.63) is 23.8 Å². The van der Waals surface area contributed by atoms with Gasteiger partial charge in [0.05, 0.1) is 19.4 Å². The van der Waals surface area contributed by atoms with Crippen LogP contribution in [0, 0.1) is 0 Å². The molecule has 0 saturated carbocycles. The van der Waals surface area contributed by atoms with Crippen molar-refractivity contribution in [2.24, 2.45) is 0 Å². The number of ether oxygens (including phenoxy) is 2. The molecule has 0 spiro atoms. The monoisotopic (exact) mass is 333 g/mol. The number of benzene rings is 1. The molecule has 2 aliphatic rings. The zero-order valence-electron chi connectivity index (χ0n) is 13.8. The lowest BCUT2D eigenvalue weighted by Gasteiger charge is -2.23. The number of rotatable bonds is 4. The Morgan fingerprint density at radius 3 is 2.79 bits per heavy atom. The van der Waals surface area contributed by atoms with E-state index in [1.165, 1.54) is 7.11 Å². The van der Waals surface area contributed by atoms with E-state index in [-0.39, 0.29) is 11.8 Å². The maximum Gasteiger partial charge on any atom is 0.254 e. The quantitative estimate of drug-likeness (QED) is 0.854. The van der Waals surface area contributed by atoms with Crippen LogP contribution in [-0.4, -0.2) is 62.7 Å². The van der Waals surface area contributed by atoms with Crippen molar-refractivity contribution >= 4 is 17.5 Å². The second kappa shape index (κ2) is 7.63. The Bertz CT molecular complexity index is 608. The minimum absolute atomic E-state index is 0.0127. The molecule has 1 unspecified atom stereocenters. The Balaban J connectivity index is 1.76. The minimum Gasteiger partial charge on any atom is -0.495 e. The topological polar surface area (TPSA) is 79.9 Å². The van der Waals surface area contributed by atoms with Gasteiger partial charge in [0.15, 0.2) is 0 Å². The third kappa shape index (κ3) is 3.68. The van der Waals surface area contributed by atoms with Crippen molar-refractivity contribution in [1.29, 1.82) is 0 Å². The van der Waals surface area contributed by atoms with Crippen LogP contribution in [0.5, 0.6) is 5.75 Å². The zero-order chi connectivity index (χ0) is 16.9. The predicted octanol–water partition coefficient (Wildman–Crippen LogP) is 0.858. The number of methoxy groups -OCH3 is 1. The summed E-state index contributed by atoms with van der Waals surface area (Å²) >= 11 is 0. The van der Waals surface area contributed by atoms with Gasteiger partial charge in [-0.25, -0.2) is 0 Å². The van der Waals surface area contributed by atoms with Gasteiger partial charge in [-0.05, 0) is 31.0 Å². The van der Waals surface area contributed by atoms with E-state index in [0.717, 1.165) is 32.5 Å². The summed E-state index contributed by atoms with van der Waals surface area (Å²) in [6.45, 7) is 3.29. The van der Waals surface area contributed by atoms with Crippen LogP contribution < -0.4 is 15.4 Å². The van der Waals surface area contributed by atoms with E-state index in [4.69, 9.17) is 9.47 Å². The Hall–Kier alpha value is -2.12. The van der Waals surface area contributed by atoms with Crippen LogP contribution in [-0.2, 0) is 9.53 Å². The van der Waals surface area contributed by atoms with Crippen LogP contribution in [0.25, 0.3) is 0 Å². The maximum atomic E-state index is 12.5. The molecule has 1 aromatic carbocycles. The number of nitrogens with one attached hydrogen (secondary N) is 2. The number of amides is 2. The van der Waals surface area contributed by atoms with Crippen molar-refractivity contribution in [1.82, 2.24) is 10.2 Å². The van der Waals surface area contributed by atoms with E-state index in [1.807, 2.05) is 4.90 Å². The summed E-state index contributed by atoms with van der Waals surface area (Å²) in [5.74, 6) is 0.262. The van der Waals surface area contributed by atoms with Crippen molar-refractivity contribution in [2.45, 2.75) is 18.9 Å². The first-order valence-electron chi connectivity index (χ1n) is 8.29. The number of morpholine rings is 1. The Labute approximate surface area is 141 Å². The molecule has 0 aliphatic carbocycles. The van der Waals surface area contributed by atoms with Gasteiger partial charge in [0.25, 0.3) is 11.8 Å². The first-order valence-corrected chi connectivity index (χ1v) is 8.29. The molecule has 1 atom stereocenters. The standard InChI is InChI=1S/C17H23N3O4/c1-23-14-5-4-12(17(22)20-7-2-3-8-20)10-13(14)19-16(21)15-11-18-6-9-24-15/h4-5,10,15,18H,2-3,6-9,11H2,1H3,(H,19,21). The highest BCUT2D eigenvalue weighted by Gasteiger charge is 2.24. The summed E-state index contributed by atoms with van der Waals surface area (Å²) < 4.78 is 10.8. The van der Waals surface area contributed by atoms with E-state index in [0.29, 0.717) is 30.2 Å². The third-order valence-corrected chi connectivity index (χ3v) is 4.32. The highest BCUT2D eigenvalue weighted by molar-refractivity contribution is 5.99. The number of likely N-dealkylation sites (tertiary alicyclic amines) is 1. The average Bonchev–Trinajstić information content (AvgIpc) is 3.16.